The molecule has 0 bridgehead atoms. The van der Waals surface area contributed by atoms with Gasteiger partial charge in [-0.15, -0.1) is 0 Å². The average Bonchev–Trinajstić information content (AvgIpc) is 2.36. The Bertz CT molecular complexity index is 387. The van der Waals surface area contributed by atoms with Gasteiger partial charge in [0.05, 0.1) is 5.60 Å². The summed E-state index contributed by atoms with van der Waals surface area (Å²) in [6, 6.07) is 7.75. The van der Waals surface area contributed by atoms with Crippen LogP contribution in [0.1, 0.15) is 24.8 Å². The Morgan fingerprint density at radius 2 is 2.00 bits per heavy atom. The Morgan fingerprint density at radius 1 is 1.32 bits per heavy atom. The molecule has 4 heteroatoms. The second-order valence-electron chi connectivity index (χ2n) is 5.49. The van der Waals surface area contributed by atoms with Gasteiger partial charge in [0.25, 0.3) is 0 Å². The van der Waals surface area contributed by atoms with Gasteiger partial charge in [0.1, 0.15) is 18.5 Å². The van der Waals surface area contributed by atoms with E-state index in [2.05, 4.69) is 5.32 Å². The summed E-state index contributed by atoms with van der Waals surface area (Å²) in [7, 11) is 0. The lowest BCUT2D eigenvalue weighted by molar-refractivity contribution is -0.0334. The molecule has 4 nitrogen and oxygen atoms in total. The van der Waals surface area contributed by atoms with Crippen molar-refractivity contribution in [1.29, 1.82) is 0 Å². The largest absolute Gasteiger partial charge is 0.491 e. The third-order valence-electron chi connectivity index (χ3n) is 3.58. The van der Waals surface area contributed by atoms with Crippen LogP contribution < -0.4 is 10.1 Å². The minimum absolute atomic E-state index is 0.258. The molecule has 0 aromatic heterocycles. The van der Waals surface area contributed by atoms with Crippen molar-refractivity contribution in [3.63, 3.8) is 0 Å². The van der Waals surface area contributed by atoms with Crippen LogP contribution in [0.3, 0.4) is 0 Å². The van der Waals surface area contributed by atoms with Gasteiger partial charge in [-0.2, -0.15) is 0 Å². The third-order valence-corrected chi connectivity index (χ3v) is 3.58. The van der Waals surface area contributed by atoms with Crippen LogP contribution >= 0.6 is 0 Å². The Kier molecular flexibility index (Phi) is 4.80. The van der Waals surface area contributed by atoms with Crippen molar-refractivity contribution in [2.45, 2.75) is 37.9 Å². The van der Waals surface area contributed by atoms with E-state index in [1.54, 1.807) is 0 Å². The fourth-order valence-electron chi connectivity index (χ4n) is 2.12. The van der Waals surface area contributed by atoms with E-state index in [9.17, 15) is 10.2 Å². The molecule has 106 valence electrons. The molecule has 1 aromatic rings. The van der Waals surface area contributed by atoms with Crippen molar-refractivity contribution in [1.82, 2.24) is 5.32 Å². The lowest BCUT2D eigenvalue weighted by atomic mass is 9.80. The number of benzene rings is 1. The number of aryl methyl sites for hydroxylation is 1. The topological polar surface area (TPSA) is 61.7 Å². The molecule has 3 N–H and O–H groups in total. The molecule has 0 saturated heterocycles. The first kappa shape index (κ1) is 14.3. The van der Waals surface area contributed by atoms with Gasteiger partial charge < -0.3 is 20.3 Å². The Hall–Kier alpha value is -1.10. The first-order valence-corrected chi connectivity index (χ1v) is 6.88. The van der Waals surface area contributed by atoms with E-state index >= 15 is 0 Å². The minimum Gasteiger partial charge on any atom is -0.491 e. The molecule has 0 spiro atoms. The Balaban J connectivity index is 1.61. The second-order valence-corrected chi connectivity index (χ2v) is 5.49. The lowest BCUT2D eigenvalue weighted by Gasteiger charge is -2.36. The number of aliphatic hydroxyl groups excluding tert-OH is 1. The number of hydrogen-bond donors (Lipinski definition) is 3. The predicted molar refractivity (Wildman–Crippen MR) is 74.4 cm³/mol. The van der Waals surface area contributed by atoms with Crippen LogP contribution in [0.2, 0.25) is 0 Å². The molecule has 1 atom stereocenters. The maximum atomic E-state index is 9.88. The zero-order valence-corrected chi connectivity index (χ0v) is 11.4. The fourth-order valence-corrected chi connectivity index (χ4v) is 2.12. The quantitative estimate of drug-likeness (QED) is 0.694. The Labute approximate surface area is 114 Å². The normalized spacial score (nSPS) is 18.7. The highest BCUT2D eigenvalue weighted by Crippen LogP contribution is 2.30. The highest BCUT2D eigenvalue weighted by Gasteiger charge is 2.33. The summed E-state index contributed by atoms with van der Waals surface area (Å²) in [5.41, 5.74) is 0.640. The summed E-state index contributed by atoms with van der Waals surface area (Å²) in [6.07, 6.45) is 2.24. The monoisotopic (exact) mass is 265 g/mol. The molecular weight excluding hydrogens is 242 g/mol. The zero-order valence-electron chi connectivity index (χ0n) is 11.4. The third kappa shape index (κ3) is 4.49. The number of hydrogen-bond acceptors (Lipinski definition) is 4. The Morgan fingerprint density at radius 3 is 2.58 bits per heavy atom. The highest BCUT2D eigenvalue weighted by atomic mass is 16.5. The van der Waals surface area contributed by atoms with Gasteiger partial charge in [-0.1, -0.05) is 17.7 Å². The summed E-state index contributed by atoms with van der Waals surface area (Å²) in [5.74, 6) is 0.766. The van der Waals surface area contributed by atoms with E-state index in [1.165, 1.54) is 5.56 Å². The molecule has 1 aliphatic carbocycles. The van der Waals surface area contributed by atoms with Crippen LogP contribution in [0.15, 0.2) is 24.3 Å². The summed E-state index contributed by atoms with van der Waals surface area (Å²) in [6.45, 7) is 3.27. The maximum Gasteiger partial charge on any atom is 0.119 e. The standard InChI is InChI=1S/C15H23NO3/c1-12-3-5-14(6-4-12)19-10-13(17)9-16-11-15(18)7-2-8-15/h3-6,13,16-18H,2,7-11H2,1H3. The van der Waals surface area contributed by atoms with Gasteiger partial charge >= 0.3 is 0 Å². The van der Waals surface area contributed by atoms with Crippen molar-refractivity contribution in [2.24, 2.45) is 0 Å². The van der Waals surface area contributed by atoms with Crippen LogP contribution in [0.25, 0.3) is 0 Å². The molecule has 19 heavy (non-hydrogen) atoms. The first-order chi connectivity index (χ1) is 9.07. The molecule has 0 radical (unpaired) electrons. The highest BCUT2D eigenvalue weighted by molar-refractivity contribution is 5.26. The SMILES string of the molecule is Cc1ccc(OCC(O)CNCC2(O)CCC2)cc1. The number of nitrogens with one attached hydrogen (secondary N) is 1. The van der Waals surface area contributed by atoms with Crippen molar-refractivity contribution in [3.05, 3.63) is 29.8 Å². The molecule has 0 heterocycles. The predicted octanol–water partition coefficient (Wildman–Crippen LogP) is 1.24. The molecule has 2 rings (SSSR count). The van der Waals surface area contributed by atoms with E-state index in [4.69, 9.17) is 4.74 Å². The average molecular weight is 265 g/mol. The molecule has 1 unspecified atom stereocenters. The van der Waals surface area contributed by atoms with Gasteiger partial charge in [-0.25, -0.2) is 0 Å². The van der Waals surface area contributed by atoms with Crippen molar-refractivity contribution >= 4 is 0 Å². The number of ether oxygens (including phenoxy) is 1. The van der Waals surface area contributed by atoms with Crippen LogP contribution in [-0.4, -0.2) is 41.6 Å². The van der Waals surface area contributed by atoms with E-state index in [0.29, 0.717) is 13.1 Å². The molecule has 1 fully saturated rings. The first-order valence-electron chi connectivity index (χ1n) is 6.88. The van der Waals surface area contributed by atoms with Crippen molar-refractivity contribution < 1.29 is 14.9 Å². The van der Waals surface area contributed by atoms with E-state index in [-0.39, 0.29) is 6.61 Å². The fraction of sp³-hybridized carbons (Fsp3) is 0.600. The summed E-state index contributed by atoms with van der Waals surface area (Å²) in [4.78, 5) is 0. The van der Waals surface area contributed by atoms with Crippen LogP contribution in [0, 0.1) is 6.92 Å². The van der Waals surface area contributed by atoms with E-state index in [0.717, 1.165) is 25.0 Å². The zero-order chi connectivity index (χ0) is 13.7. The minimum atomic E-state index is -0.565. The summed E-state index contributed by atoms with van der Waals surface area (Å²) < 4.78 is 5.49. The maximum absolute atomic E-state index is 9.88. The summed E-state index contributed by atoms with van der Waals surface area (Å²) >= 11 is 0. The molecule has 0 aliphatic heterocycles. The second kappa shape index (κ2) is 6.37. The number of aliphatic hydroxyl groups is 2. The van der Waals surface area contributed by atoms with Crippen LogP contribution in [-0.2, 0) is 0 Å². The van der Waals surface area contributed by atoms with Crippen LogP contribution in [0.4, 0.5) is 0 Å². The lowest BCUT2D eigenvalue weighted by Crippen LogP contribution is -2.48. The number of rotatable bonds is 7. The molecular formula is C15H23NO3. The van der Waals surface area contributed by atoms with Crippen molar-refractivity contribution in [2.75, 3.05) is 19.7 Å². The van der Waals surface area contributed by atoms with E-state index < -0.39 is 11.7 Å². The summed E-state index contributed by atoms with van der Waals surface area (Å²) in [5, 5.41) is 22.8. The molecule has 1 saturated carbocycles. The molecule has 1 aromatic carbocycles. The smallest absolute Gasteiger partial charge is 0.119 e. The van der Waals surface area contributed by atoms with Gasteiger partial charge in [-0.3, -0.25) is 0 Å². The van der Waals surface area contributed by atoms with Crippen molar-refractivity contribution in [3.8, 4) is 5.75 Å². The van der Waals surface area contributed by atoms with Crippen LogP contribution in [0.5, 0.6) is 5.75 Å². The molecule has 0 amide bonds. The van der Waals surface area contributed by atoms with Gasteiger partial charge in [0, 0.05) is 13.1 Å². The van der Waals surface area contributed by atoms with E-state index in [1.807, 2.05) is 31.2 Å². The van der Waals surface area contributed by atoms with Gasteiger partial charge in [0.15, 0.2) is 0 Å². The van der Waals surface area contributed by atoms with Gasteiger partial charge in [-0.05, 0) is 38.3 Å². The van der Waals surface area contributed by atoms with Gasteiger partial charge in [0.2, 0.25) is 0 Å². The molecule has 1 aliphatic rings.